The first kappa shape index (κ1) is 21.9. The molecule has 6 nitrogen and oxygen atoms in total. The molecule has 7 heteroatoms. The van der Waals surface area contributed by atoms with Gasteiger partial charge in [-0.2, -0.15) is 0 Å². The molecule has 0 aliphatic rings. The maximum Gasteiger partial charge on any atom is 0.230 e. The lowest BCUT2D eigenvalue weighted by Crippen LogP contribution is -2.43. The first-order chi connectivity index (χ1) is 14.3. The Hall–Kier alpha value is -2.80. The van der Waals surface area contributed by atoms with Crippen molar-refractivity contribution in [3.8, 4) is 5.75 Å². The van der Waals surface area contributed by atoms with Crippen molar-refractivity contribution in [1.29, 1.82) is 0 Å². The molecule has 0 aliphatic heterocycles. The van der Waals surface area contributed by atoms with E-state index >= 15 is 0 Å². The zero-order chi connectivity index (χ0) is 21.7. The van der Waals surface area contributed by atoms with Crippen LogP contribution in [0, 0.1) is 0 Å². The van der Waals surface area contributed by atoms with E-state index in [1.807, 2.05) is 49.6 Å². The summed E-state index contributed by atoms with van der Waals surface area (Å²) in [6.07, 6.45) is 0.846. The summed E-state index contributed by atoms with van der Waals surface area (Å²) in [5.74, 6) is 0.867. The Labute approximate surface area is 181 Å². The molecule has 0 saturated heterocycles. The summed E-state index contributed by atoms with van der Waals surface area (Å²) in [6.45, 7) is 6.19. The van der Waals surface area contributed by atoms with Gasteiger partial charge in [0.15, 0.2) is 10.9 Å². The van der Waals surface area contributed by atoms with Crippen LogP contribution in [0.15, 0.2) is 53.7 Å². The van der Waals surface area contributed by atoms with Crippen molar-refractivity contribution in [2.45, 2.75) is 44.4 Å². The number of nitrogens with zero attached hydrogens (tertiary/aromatic N) is 2. The molecule has 0 fully saturated rings. The third-order valence-electron chi connectivity index (χ3n) is 5.03. The molecule has 0 atom stereocenters. The second-order valence-corrected chi connectivity index (χ2v) is 8.64. The van der Waals surface area contributed by atoms with E-state index in [0.717, 1.165) is 17.5 Å². The molecular formula is C23H27N3O3S. The highest BCUT2D eigenvalue weighted by molar-refractivity contribution is 7.99. The van der Waals surface area contributed by atoms with Crippen LogP contribution < -0.4 is 10.1 Å². The maximum absolute atomic E-state index is 12.9. The van der Waals surface area contributed by atoms with Gasteiger partial charge in [-0.3, -0.25) is 9.59 Å². The third kappa shape index (κ3) is 5.21. The van der Waals surface area contributed by atoms with Gasteiger partial charge in [0.25, 0.3) is 0 Å². The quantitative estimate of drug-likeness (QED) is 0.408. The van der Waals surface area contributed by atoms with Crippen molar-refractivity contribution in [3.63, 3.8) is 0 Å². The Balaban J connectivity index is 1.80. The van der Waals surface area contributed by atoms with Gasteiger partial charge in [0.1, 0.15) is 5.75 Å². The fourth-order valence-electron chi connectivity index (χ4n) is 2.96. The Kier molecular flexibility index (Phi) is 6.82. The number of nitrogens with one attached hydrogen (secondary N) is 1. The standard InChI is InChI=1S/C23H27N3O3S/c1-5-23(2,3)25-21(28)15-30-22-24-18-8-6-7-9-19(18)26(22)14-20(27)16-10-12-17(29-4)13-11-16/h6-13H,5,14-15H2,1-4H3,(H,25,28). The number of rotatable bonds is 9. The smallest absolute Gasteiger partial charge is 0.230 e. The fourth-order valence-corrected chi connectivity index (χ4v) is 3.77. The van der Waals surface area contributed by atoms with Gasteiger partial charge < -0.3 is 14.6 Å². The van der Waals surface area contributed by atoms with Gasteiger partial charge in [-0.05, 0) is 56.7 Å². The molecule has 1 N–H and O–H groups in total. The molecule has 3 aromatic rings. The number of methoxy groups -OCH3 is 1. The third-order valence-corrected chi connectivity index (χ3v) is 6.00. The van der Waals surface area contributed by atoms with Crippen LogP contribution in [0.5, 0.6) is 5.75 Å². The van der Waals surface area contributed by atoms with Crippen LogP contribution in [-0.2, 0) is 11.3 Å². The van der Waals surface area contributed by atoms with Crippen LogP contribution in [0.1, 0.15) is 37.6 Å². The summed E-state index contributed by atoms with van der Waals surface area (Å²) in [4.78, 5) is 29.9. The molecule has 1 amide bonds. The lowest BCUT2D eigenvalue weighted by molar-refractivity contribution is -0.120. The highest BCUT2D eigenvalue weighted by Gasteiger charge is 2.20. The Morgan fingerprint density at radius 2 is 1.83 bits per heavy atom. The Morgan fingerprint density at radius 3 is 2.50 bits per heavy atom. The van der Waals surface area contributed by atoms with E-state index in [2.05, 4.69) is 10.3 Å². The Bertz CT molecular complexity index is 1040. The average molecular weight is 426 g/mol. The van der Waals surface area contributed by atoms with Crippen LogP contribution in [-0.4, -0.2) is 39.6 Å². The summed E-state index contributed by atoms with van der Waals surface area (Å²) < 4.78 is 7.04. The predicted molar refractivity (Wildman–Crippen MR) is 120 cm³/mol. The number of thioether (sulfide) groups is 1. The van der Waals surface area contributed by atoms with Crippen LogP contribution in [0.4, 0.5) is 0 Å². The van der Waals surface area contributed by atoms with Gasteiger partial charge >= 0.3 is 0 Å². The fraction of sp³-hybridized carbons (Fsp3) is 0.348. The summed E-state index contributed by atoms with van der Waals surface area (Å²) in [7, 11) is 1.59. The zero-order valence-electron chi connectivity index (χ0n) is 17.8. The molecule has 1 heterocycles. The maximum atomic E-state index is 12.9. The molecule has 0 radical (unpaired) electrons. The number of carbonyl (C=O) groups excluding carboxylic acids is 2. The predicted octanol–water partition coefficient (Wildman–Crippen LogP) is 4.32. The van der Waals surface area contributed by atoms with E-state index in [-0.39, 0.29) is 29.5 Å². The van der Waals surface area contributed by atoms with Crippen molar-refractivity contribution in [2.75, 3.05) is 12.9 Å². The minimum atomic E-state index is -0.248. The average Bonchev–Trinajstić information content (AvgIpc) is 3.09. The summed E-state index contributed by atoms with van der Waals surface area (Å²) in [5, 5.41) is 3.69. The molecule has 0 unspecified atom stereocenters. The van der Waals surface area contributed by atoms with Crippen molar-refractivity contribution in [3.05, 3.63) is 54.1 Å². The number of imidazole rings is 1. The molecule has 30 heavy (non-hydrogen) atoms. The molecular weight excluding hydrogens is 398 g/mol. The number of carbonyl (C=O) groups is 2. The lowest BCUT2D eigenvalue weighted by Gasteiger charge is -2.24. The summed E-state index contributed by atoms with van der Waals surface area (Å²) in [6, 6.07) is 14.7. The number of benzene rings is 2. The number of ketones is 1. The van der Waals surface area contributed by atoms with Crippen LogP contribution in [0.25, 0.3) is 11.0 Å². The van der Waals surface area contributed by atoms with E-state index < -0.39 is 0 Å². The number of fused-ring (bicyclic) bond motifs is 1. The molecule has 2 aromatic carbocycles. The minimum absolute atomic E-state index is 0.0285. The number of hydrogen-bond donors (Lipinski definition) is 1. The van der Waals surface area contributed by atoms with Crippen molar-refractivity contribution in [2.24, 2.45) is 0 Å². The first-order valence-electron chi connectivity index (χ1n) is 9.89. The highest BCUT2D eigenvalue weighted by atomic mass is 32.2. The summed E-state index contributed by atoms with van der Waals surface area (Å²) >= 11 is 1.34. The summed E-state index contributed by atoms with van der Waals surface area (Å²) in [5.41, 5.74) is 2.03. The van der Waals surface area contributed by atoms with Gasteiger partial charge in [-0.15, -0.1) is 0 Å². The van der Waals surface area contributed by atoms with Gasteiger partial charge in [0.2, 0.25) is 5.91 Å². The van der Waals surface area contributed by atoms with E-state index in [4.69, 9.17) is 4.74 Å². The van der Waals surface area contributed by atoms with Crippen molar-refractivity contribution < 1.29 is 14.3 Å². The molecule has 0 bridgehead atoms. The van der Waals surface area contributed by atoms with Crippen LogP contribution in [0.2, 0.25) is 0 Å². The molecule has 1 aromatic heterocycles. The van der Waals surface area contributed by atoms with Crippen molar-refractivity contribution >= 4 is 34.5 Å². The highest BCUT2D eigenvalue weighted by Crippen LogP contribution is 2.25. The first-order valence-corrected chi connectivity index (χ1v) is 10.9. The zero-order valence-corrected chi connectivity index (χ0v) is 18.6. The van der Waals surface area contributed by atoms with Gasteiger partial charge in [-0.1, -0.05) is 30.8 Å². The molecule has 0 saturated carbocycles. The van der Waals surface area contributed by atoms with E-state index in [0.29, 0.717) is 16.5 Å². The number of ether oxygens (including phenoxy) is 1. The SMILES string of the molecule is CCC(C)(C)NC(=O)CSc1nc2ccccc2n1CC(=O)c1ccc(OC)cc1. The number of Topliss-reactive ketones (excluding diaryl/α,β-unsaturated/α-hetero) is 1. The van der Waals surface area contributed by atoms with Crippen LogP contribution >= 0.6 is 11.8 Å². The Morgan fingerprint density at radius 1 is 1.13 bits per heavy atom. The van der Waals surface area contributed by atoms with E-state index in [1.54, 1.807) is 31.4 Å². The number of amides is 1. The second-order valence-electron chi connectivity index (χ2n) is 7.70. The van der Waals surface area contributed by atoms with Gasteiger partial charge in [-0.25, -0.2) is 4.98 Å². The molecule has 3 rings (SSSR count). The largest absolute Gasteiger partial charge is 0.497 e. The number of hydrogen-bond acceptors (Lipinski definition) is 5. The molecule has 0 spiro atoms. The molecule has 0 aliphatic carbocycles. The van der Waals surface area contributed by atoms with Crippen LogP contribution in [0.3, 0.4) is 0 Å². The van der Waals surface area contributed by atoms with E-state index in [9.17, 15) is 9.59 Å². The van der Waals surface area contributed by atoms with Gasteiger partial charge in [0, 0.05) is 11.1 Å². The molecule has 158 valence electrons. The number of aromatic nitrogens is 2. The lowest BCUT2D eigenvalue weighted by atomic mass is 10.0. The normalized spacial score (nSPS) is 11.5. The monoisotopic (exact) mass is 425 g/mol. The minimum Gasteiger partial charge on any atom is -0.497 e. The van der Waals surface area contributed by atoms with E-state index in [1.165, 1.54) is 11.8 Å². The topological polar surface area (TPSA) is 73.2 Å². The number of para-hydroxylation sites is 2. The van der Waals surface area contributed by atoms with Crippen molar-refractivity contribution in [1.82, 2.24) is 14.9 Å². The second kappa shape index (κ2) is 9.34. The van der Waals surface area contributed by atoms with Gasteiger partial charge in [0.05, 0.1) is 30.4 Å².